The summed E-state index contributed by atoms with van der Waals surface area (Å²) in [5, 5.41) is 14.5. The number of nitrogens with zero attached hydrogens (tertiary/aromatic N) is 2. The van der Waals surface area contributed by atoms with E-state index in [0.717, 1.165) is 16.9 Å². The van der Waals surface area contributed by atoms with Gasteiger partial charge in [-0.05, 0) is 65.2 Å². The Morgan fingerprint density at radius 1 is 1.26 bits per heavy atom. The number of fused-ring (bicyclic) bond motifs is 5. The van der Waals surface area contributed by atoms with Crippen LogP contribution in [0.1, 0.15) is 72.8 Å². The fourth-order valence-corrected chi connectivity index (χ4v) is 9.84. The van der Waals surface area contributed by atoms with Gasteiger partial charge < -0.3 is 44.3 Å². The number of nitrogens with two attached hydrogens (primary N) is 1. The van der Waals surface area contributed by atoms with Gasteiger partial charge in [0.2, 0.25) is 11.8 Å². The number of benzene rings is 1. The monoisotopic (exact) mass is 854 g/mol. The van der Waals surface area contributed by atoms with Gasteiger partial charge in [-0.15, -0.1) is 0 Å². The van der Waals surface area contributed by atoms with Gasteiger partial charge in [-0.2, -0.15) is 0 Å². The second kappa shape index (κ2) is 19.4. The first-order valence-corrected chi connectivity index (χ1v) is 21.8. The van der Waals surface area contributed by atoms with E-state index in [4.69, 9.17) is 41.0 Å². The van der Waals surface area contributed by atoms with E-state index in [2.05, 4.69) is 19.2 Å². The Hall–Kier alpha value is -2.99. The summed E-state index contributed by atoms with van der Waals surface area (Å²) >= 11 is 6.79. The molecule has 0 aliphatic carbocycles. The first-order valence-electron chi connectivity index (χ1n) is 19.1. The average Bonchev–Trinajstić information content (AvgIpc) is 3.85. The summed E-state index contributed by atoms with van der Waals surface area (Å²) in [7, 11) is 9.39. The van der Waals surface area contributed by atoms with E-state index in [0.29, 0.717) is 30.8 Å². The number of esters is 1. The fourth-order valence-electron chi connectivity index (χ4n) is 7.09. The highest BCUT2D eigenvalue weighted by Crippen LogP contribution is 2.49. The van der Waals surface area contributed by atoms with Crippen molar-refractivity contribution in [2.75, 3.05) is 45.5 Å². The van der Waals surface area contributed by atoms with Crippen LogP contribution in [0.3, 0.4) is 0 Å². The van der Waals surface area contributed by atoms with E-state index >= 15 is 0 Å². The van der Waals surface area contributed by atoms with Crippen LogP contribution in [0.15, 0.2) is 35.9 Å². The normalized spacial score (nSPS) is 30.2. The van der Waals surface area contributed by atoms with Crippen LogP contribution in [0.2, 0.25) is 5.02 Å². The van der Waals surface area contributed by atoms with Crippen molar-refractivity contribution in [3.8, 4) is 5.75 Å². The van der Waals surface area contributed by atoms with Gasteiger partial charge in [0.25, 0.3) is 0 Å². The van der Waals surface area contributed by atoms with Gasteiger partial charge in [0.05, 0.1) is 25.3 Å². The Labute approximate surface area is 349 Å². The number of halogens is 1. The maximum atomic E-state index is 14.2. The molecule has 3 aliphatic rings. The molecule has 0 aromatic heterocycles. The van der Waals surface area contributed by atoms with Crippen molar-refractivity contribution in [3.05, 3.63) is 46.5 Å². The molecular weight excluding hydrogens is 796 g/mol. The highest BCUT2D eigenvalue weighted by Gasteiger charge is 2.64. The van der Waals surface area contributed by atoms with Gasteiger partial charge in [-0.3, -0.25) is 14.9 Å². The molecule has 0 saturated carbocycles. The minimum absolute atomic E-state index is 0.0530. The summed E-state index contributed by atoms with van der Waals surface area (Å²) in [5.41, 5.74) is 4.70. The molecule has 0 spiro atoms. The fraction of sp³-hybridized carbons (Fsp3) is 0.650. The third-order valence-electron chi connectivity index (χ3n) is 11.0. The number of likely N-dealkylation sites (N-methyl/N-ethyl adjacent to an activating group) is 1. The predicted octanol–water partition coefficient (Wildman–Crippen LogP) is 5.41. The predicted molar refractivity (Wildman–Crippen MR) is 223 cm³/mol. The number of amides is 3. The molecule has 1 aromatic rings. The molecule has 17 heteroatoms. The summed E-state index contributed by atoms with van der Waals surface area (Å²) in [6, 6.07) is 2.60. The molecule has 0 radical (unpaired) electrons. The van der Waals surface area contributed by atoms with Gasteiger partial charge in [0, 0.05) is 57.0 Å². The van der Waals surface area contributed by atoms with Crippen LogP contribution in [-0.2, 0) is 39.8 Å². The maximum absolute atomic E-state index is 14.2. The lowest BCUT2D eigenvalue weighted by atomic mass is 9.83. The number of carbonyl (C=O) groups is 4. The Morgan fingerprint density at radius 3 is 2.61 bits per heavy atom. The lowest BCUT2D eigenvalue weighted by Gasteiger charge is -2.42. The molecule has 4 bridgehead atoms. The second-order valence-corrected chi connectivity index (χ2v) is 19.4. The zero-order valence-corrected chi connectivity index (χ0v) is 37.0. The summed E-state index contributed by atoms with van der Waals surface area (Å²) in [4.78, 5) is 57.2. The number of hydrogen-bond donors (Lipinski definition) is 3. The van der Waals surface area contributed by atoms with Crippen molar-refractivity contribution in [3.63, 3.8) is 0 Å². The van der Waals surface area contributed by atoms with Crippen molar-refractivity contribution in [2.45, 2.75) is 120 Å². The minimum Gasteiger partial charge on any atom is -0.495 e. The zero-order chi connectivity index (χ0) is 42.5. The van der Waals surface area contributed by atoms with Gasteiger partial charge in [0.15, 0.2) is 5.72 Å². The number of methoxy groups -OCH3 is 2. The average molecular weight is 856 g/mol. The number of hydrogen-bond acceptors (Lipinski definition) is 13. The SMILES string of the molecule is COc1cc2cc(c1Cl)N(C)C(=O)C[C@H](OC(=O)[C@H](C)N(C)C(=O)CCC(C)(C)SSCCN)[C@]1(C)O[C@H]1[C@H](C)[C@@H]1C[C@@](O)(NC(=O)O1)[C@H](OC)/C=C/C=C(\C)C2. The van der Waals surface area contributed by atoms with Crippen molar-refractivity contribution in [2.24, 2.45) is 11.7 Å². The smallest absolute Gasteiger partial charge is 0.409 e. The molecule has 8 atom stereocenters. The first-order chi connectivity index (χ1) is 26.7. The van der Waals surface area contributed by atoms with Gasteiger partial charge >= 0.3 is 12.1 Å². The van der Waals surface area contributed by atoms with E-state index in [-0.39, 0.29) is 34.9 Å². The Kier molecular flexibility index (Phi) is 15.9. The first kappa shape index (κ1) is 46.7. The number of ether oxygens (including phenoxy) is 5. The molecule has 14 nitrogen and oxygen atoms in total. The van der Waals surface area contributed by atoms with Crippen LogP contribution in [0.5, 0.6) is 5.75 Å². The van der Waals surface area contributed by atoms with E-state index in [1.165, 1.54) is 24.0 Å². The molecule has 4 N–H and O–H groups in total. The van der Waals surface area contributed by atoms with Crippen molar-refractivity contribution >= 4 is 62.8 Å². The third-order valence-corrected chi connectivity index (χ3v) is 14.7. The number of alkyl carbamates (subject to hydrolysis) is 1. The van der Waals surface area contributed by atoms with Crippen molar-refractivity contribution < 1.29 is 48.0 Å². The van der Waals surface area contributed by atoms with E-state index in [1.54, 1.807) is 80.7 Å². The topological polar surface area (TPSA) is 182 Å². The summed E-state index contributed by atoms with van der Waals surface area (Å²) < 4.78 is 29.2. The number of carbonyl (C=O) groups excluding carboxylic acids is 4. The standard InChI is InChI=1S/C40H59ClN4O10S2/c1-23-12-11-13-30(52-10)40(50)22-29(53-37(49)43-40)24(2)35-39(6,55-35)31(21-33(47)45(8)27-19-26(18-23)20-28(51-9)34(27)41)54-36(48)25(3)44(7)32(46)14-15-38(4,5)57-56-17-16-42/h11-13,19-20,24-25,29-31,35,50H,14-18,21-22,42H2,1-10H3,(H,43,49)/b13-11+,23-12+/t24-,25+,29+,30-,31+,35+,39+,40+/m1/s1. The number of aliphatic hydroxyl groups is 1. The lowest BCUT2D eigenvalue weighted by Crippen LogP contribution is -2.63. The van der Waals surface area contributed by atoms with Crippen molar-refractivity contribution in [1.82, 2.24) is 10.2 Å². The molecule has 318 valence electrons. The van der Waals surface area contributed by atoms with Crippen LogP contribution < -0.4 is 20.7 Å². The van der Waals surface area contributed by atoms with Crippen LogP contribution in [0, 0.1) is 5.92 Å². The molecule has 2 fully saturated rings. The summed E-state index contributed by atoms with van der Waals surface area (Å²) in [5.74, 6) is -0.745. The number of anilines is 1. The maximum Gasteiger partial charge on any atom is 0.409 e. The molecule has 2 saturated heterocycles. The van der Waals surface area contributed by atoms with Crippen LogP contribution in [-0.4, -0.2) is 121 Å². The molecule has 3 heterocycles. The van der Waals surface area contributed by atoms with Crippen LogP contribution in [0.4, 0.5) is 10.5 Å². The quantitative estimate of drug-likeness (QED) is 0.105. The summed E-state index contributed by atoms with van der Waals surface area (Å²) in [6.45, 7) is 11.7. The van der Waals surface area contributed by atoms with Gasteiger partial charge in [0.1, 0.15) is 40.7 Å². The molecule has 3 amide bonds. The van der Waals surface area contributed by atoms with Crippen LogP contribution in [0.25, 0.3) is 0 Å². The summed E-state index contributed by atoms with van der Waals surface area (Å²) in [6.07, 6.45) is 1.71. The van der Waals surface area contributed by atoms with Gasteiger partial charge in [-0.1, -0.05) is 63.9 Å². The van der Waals surface area contributed by atoms with E-state index in [1.807, 2.05) is 13.0 Å². The Morgan fingerprint density at radius 2 is 1.96 bits per heavy atom. The number of nitrogens with one attached hydrogen (secondary N) is 1. The number of epoxide rings is 1. The molecule has 0 unspecified atom stereocenters. The second-order valence-electron chi connectivity index (χ2n) is 15.9. The Balaban J connectivity index is 1.68. The molecule has 4 rings (SSSR count). The number of allylic oxidation sites excluding steroid dienone is 3. The largest absolute Gasteiger partial charge is 0.495 e. The lowest BCUT2D eigenvalue weighted by molar-refractivity contribution is -0.162. The minimum atomic E-state index is -1.83. The molecule has 1 aromatic carbocycles. The van der Waals surface area contributed by atoms with E-state index < -0.39 is 65.7 Å². The van der Waals surface area contributed by atoms with Gasteiger partial charge in [-0.25, -0.2) is 9.59 Å². The van der Waals surface area contributed by atoms with E-state index in [9.17, 15) is 24.3 Å². The van der Waals surface area contributed by atoms with Crippen LogP contribution >= 0.6 is 33.2 Å². The van der Waals surface area contributed by atoms with Crippen molar-refractivity contribution in [1.29, 1.82) is 0 Å². The number of rotatable bonds is 12. The molecule has 3 aliphatic heterocycles. The Bertz CT molecular complexity index is 1710. The highest BCUT2D eigenvalue weighted by molar-refractivity contribution is 8.77. The highest BCUT2D eigenvalue weighted by atomic mass is 35.5. The zero-order valence-electron chi connectivity index (χ0n) is 34.6. The third kappa shape index (κ3) is 11.4. The molecular formula is C40H59ClN4O10S2. The molecule has 57 heavy (non-hydrogen) atoms.